The van der Waals surface area contributed by atoms with Crippen molar-refractivity contribution < 1.29 is 9.21 Å². The van der Waals surface area contributed by atoms with Gasteiger partial charge in [-0.3, -0.25) is 4.79 Å². The average molecular weight is 368 g/mol. The number of anilines is 1. The molecule has 2 aromatic heterocycles. The van der Waals surface area contributed by atoms with E-state index in [2.05, 4.69) is 14.9 Å². The van der Waals surface area contributed by atoms with Crippen molar-refractivity contribution >= 4 is 11.9 Å². The molecule has 0 spiro atoms. The molecule has 0 atom stereocenters. The van der Waals surface area contributed by atoms with Crippen LogP contribution in [0.2, 0.25) is 0 Å². The van der Waals surface area contributed by atoms with Gasteiger partial charge in [-0.05, 0) is 43.9 Å². The number of carbonyl (C=O) groups excluding carboxylic acids is 1. The summed E-state index contributed by atoms with van der Waals surface area (Å²) in [6.45, 7) is 4.38. The number of hydrogen-bond donors (Lipinski definition) is 0. The van der Waals surface area contributed by atoms with E-state index in [-0.39, 0.29) is 11.5 Å². The van der Waals surface area contributed by atoms with Crippen molar-refractivity contribution in [1.82, 2.24) is 14.9 Å². The van der Waals surface area contributed by atoms with Gasteiger partial charge in [0.1, 0.15) is 11.3 Å². The van der Waals surface area contributed by atoms with E-state index >= 15 is 0 Å². The van der Waals surface area contributed by atoms with E-state index in [4.69, 9.17) is 4.42 Å². The normalized spacial score (nSPS) is 18.1. The summed E-state index contributed by atoms with van der Waals surface area (Å²) in [4.78, 5) is 37.9. The summed E-state index contributed by atoms with van der Waals surface area (Å²) in [5.74, 6) is 1.49. The maximum Gasteiger partial charge on any atom is 0.349 e. The van der Waals surface area contributed by atoms with Crippen molar-refractivity contribution in [2.45, 2.75) is 38.5 Å². The van der Waals surface area contributed by atoms with E-state index in [9.17, 15) is 9.59 Å². The van der Waals surface area contributed by atoms with Crippen molar-refractivity contribution in [1.29, 1.82) is 0 Å². The van der Waals surface area contributed by atoms with Crippen LogP contribution in [0.4, 0.5) is 5.95 Å². The minimum atomic E-state index is -0.505. The van der Waals surface area contributed by atoms with Crippen LogP contribution in [-0.4, -0.2) is 47.0 Å². The zero-order chi connectivity index (χ0) is 18.8. The average Bonchev–Trinajstić information content (AvgIpc) is 2.86. The monoisotopic (exact) mass is 368 g/mol. The minimum Gasteiger partial charge on any atom is -0.427 e. The van der Waals surface area contributed by atoms with Crippen LogP contribution in [0.25, 0.3) is 0 Å². The topological polar surface area (TPSA) is 79.5 Å². The van der Waals surface area contributed by atoms with Crippen molar-refractivity contribution in [3.05, 3.63) is 51.8 Å². The second-order valence-corrected chi connectivity index (χ2v) is 7.30. The van der Waals surface area contributed by atoms with E-state index < -0.39 is 5.63 Å². The van der Waals surface area contributed by atoms with Gasteiger partial charge in [-0.15, -0.1) is 0 Å². The SMILES string of the molecule is Cc1cc(C2CCC2)oc(=O)c1C(=O)N1CCCN(c2ncccn2)CC1. The fraction of sp³-hybridized carbons (Fsp3) is 0.500. The van der Waals surface area contributed by atoms with Crippen LogP contribution in [-0.2, 0) is 0 Å². The van der Waals surface area contributed by atoms with Crippen LogP contribution in [0.1, 0.15) is 53.3 Å². The molecule has 0 radical (unpaired) electrons. The predicted octanol–water partition coefficient (Wildman–Crippen LogP) is 2.36. The Kier molecular flexibility index (Phi) is 4.92. The number of carbonyl (C=O) groups is 1. The molecule has 7 heteroatoms. The van der Waals surface area contributed by atoms with Gasteiger partial charge in [0.2, 0.25) is 5.95 Å². The molecule has 1 amide bonds. The number of rotatable bonds is 3. The van der Waals surface area contributed by atoms with Crippen LogP contribution < -0.4 is 10.5 Å². The van der Waals surface area contributed by atoms with Gasteiger partial charge in [0.15, 0.2) is 0 Å². The lowest BCUT2D eigenvalue weighted by Crippen LogP contribution is -2.38. The lowest BCUT2D eigenvalue weighted by atomic mass is 9.83. The Bertz CT molecular complexity index is 877. The van der Waals surface area contributed by atoms with Crippen molar-refractivity contribution in [2.75, 3.05) is 31.1 Å². The first kappa shape index (κ1) is 17.7. The largest absolute Gasteiger partial charge is 0.427 e. The number of amides is 1. The molecule has 0 N–H and O–H groups in total. The second-order valence-electron chi connectivity index (χ2n) is 7.30. The fourth-order valence-corrected chi connectivity index (χ4v) is 3.72. The summed E-state index contributed by atoms with van der Waals surface area (Å²) in [6.07, 6.45) is 7.51. The number of aryl methyl sites for hydroxylation is 1. The summed E-state index contributed by atoms with van der Waals surface area (Å²) in [5.41, 5.74) is 0.377. The van der Waals surface area contributed by atoms with E-state index in [0.29, 0.717) is 37.1 Å². The number of hydrogen-bond acceptors (Lipinski definition) is 6. The molecule has 2 aliphatic rings. The lowest BCUT2D eigenvalue weighted by Gasteiger charge is -2.25. The Labute approximate surface area is 158 Å². The highest BCUT2D eigenvalue weighted by Crippen LogP contribution is 2.36. The summed E-state index contributed by atoms with van der Waals surface area (Å²) in [5, 5.41) is 0. The molecule has 142 valence electrons. The van der Waals surface area contributed by atoms with Crippen molar-refractivity contribution in [3.8, 4) is 0 Å². The molecule has 7 nitrogen and oxygen atoms in total. The fourth-order valence-electron chi connectivity index (χ4n) is 3.72. The van der Waals surface area contributed by atoms with E-state index in [1.807, 2.05) is 13.0 Å². The molecular weight excluding hydrogens is 344 g/mol. The van der Waals surface area contributed by atoms with E-state index in [0.717, 1.165) is 31.6 Å². The maximum atomic E-state index is 13.0. The van der Waals surface area contributed by atoms with Gasteiger partial charge in [0.25, 0.3) is 5.91 Å². The quantitative estimate of drug-likeness (QED) is 0.827. The summed E-state index contributed by atoms with van der Waals surface area (Å²) in [7, 11) is 0. The van der Waals surface area contributed by atoms with Gasteiger partial charge in [-0.2, -0.15) is 0 Å². The highest BCUT2D eigenvalue weighted by atomic mass is 16.4. The molecule has 0 unspecified atom stereocenters. The van der Waals surface area contributed by atoms with Crippen LogP contribution in [0.15, 0.2) is 33.7 Å². The van der Waals surface area contributed by atoms with Gasteiger partial charge in [0.05, 0.1) is 0 Å². The molecule has 1 saturated heterocycles. The molecule has 2 aromatic rings. The molecular formula is C20H24N4O3. The Balaban J connectivity index is 1.50. The Morgan fingerprint density at radius 3 is 2.56 bits per heavy atom. The number of nitrogens with zero attached hydrogens (tertiary/aromatic N) is 4. The predicted molar refractivity (Wildman–Crippen MR) is 101 cm³/mol. The molecule has 1 aliphatic heterocycles. The van der Waals surface area contributed by atoms with Crippen molar-refractivity contribution in [3.63, 3.8) is 0 Å². The first-order valence-corrected chi connectivity index (χ1v) is 9.59. The smallest absolute Gasteiger partial charge is 0.349 e. The summed E-state index contributed by atoms with van der Waals surface area (Å²) < 4.78 is 5.49. The van der Waals surface area contributed by atoms with Gasteiger partial charge >= 0.3 is 5.63 Å². The zero-order valence-corrected chi connectivity index (χ0v) is 15.6. The maximum absolute atomic E-state index is 13.0. The minimum absolute atomic E-state index is 0.169. The van der Waals surface area contributed by atoms with Crippen LogP contribution >= 0.6 is 0 Å². The van der Waals surface area contributed by atoms with Crippen LogP contribution in [0.3, 0.4) is 0 Å². The molecule has 1 aliphatic carbocycles. The number of aromatic nitrogens is 2. The molecule has 3 heterocycles. The third-order valence-corrected chi connectivity index (χ3v) is 5.51. The lowest BCUT2D eigenvalue weighted by molar-refractivity contribution is 0.0760. The standard InChI is InChI=1S/C20H24N4O3/c1-14-13-16(15-5-2-6-15)27-19(26)17(14)18(25)23-9-4-10-24(12-11-23)20-21-7-3-8-22-20/h3,7-8,13,15H,2,4-6,9-12H2,1H3. The Morgan fingerprint density at radius 2 is 1.89 bits per heavy atom. The Morgan fingerprint density at radius 1 is 1.11 bits per heavy atom. The molecule has 0 bridgehead atoms. The first-order valence-electron chi connectivity index (χ1n) is 9.59. The molecule has 4 rings (SSSR count). The summed E-state index contributed by atoms with van der Waals surface area (Å²) in [6, 6.07) is 3.66. The summed E-state index contributed by atoms with van der Waals surface area (Å²) >= 11 is 0. The van der Waals surface area contributed by atoms with Gasteiger partial charge in [-0.1, -0.05) is 6.42 Å². The van der Waals surface area contributed by atoms with Crippen LogP contribution in [0, 0.1) is 6.92 Å². The second kappa shape index (κ2) is 7.50. The molecule has 1 saturated carbocycles. The molecule has 0 aromatic carbocycles. The van der Waals surface area contributed by atoms with E-state index in [1.54, 1.807) is 23.4 Å². The first-order chi connectivity index (χ1) is 13.1. The third kappa shape index (κ3) is 3.59. The zero-order valence-electron chi connectivity index (χ0n) is 15.6. The Hall–Kier alpha value is -2.70. The van der Waals surface area contributed by atoms with Crippen LogP contribution in [0.5, 0.6) is 0 Å². The molecule has 2 fully saturated rings. The van der Waals surface area contributed by atoms with Gasteiger partial charge in [-0.25, -0.2) is 14.8 Å². The molecule has 27 heavy (non-hydrogen) atoms. The highest BCUT2D eigenvalue weighted by Gasteiger charge is 2.28. The van der Waals surface area contributed by atoms with Gasteiger partial charge in [0, 0.05) is 44.5 Å². The van der Waals surface area contributed by atoms with Gasteiger partial charge < -0.3 is 14.2 Å². The highest BCUT2D eigenvalue weighted by molar-refractivity contribution is 5.95. The van der Waals surface area contributed by atoms with E-state index in [1.165, 1.54) is 6.42 Å². The van der Waals surface area contributed by atoms with Crippen molar-refractivity contribution in [2.24, 2.45) is 0 Å². The third-order valence-electron chi connectivity index (χ3n) is 5.51.